The van der Waals surface area contributed by atoms with Crippen molar-refractivity contribution in [3.63, 3.8) is 0 Å². The van der Waals surface area contributed by atoms with Gasteiger partial charge in [0.2, 0.25) is 0 Å². The lowest BCUT2D eigenvalue weighted by Gasteiger charge is -2.00. The molecule has 6 heteroatoms. The third-order valence-electron chi connectivity index (χ3n) is 3.08. The zero-order valence-electron chi connectivity index (χ0n) is 9.71. The molecule has 0 bridgehead atoms. The third kappa shape index (κ3) is 1.50. The number of nitrogens with zero attached hydrogens (tertiary/aromatic N) is 4. The lowest BCUT2D eigenvalue weighted by atomic mass is 10.1. The Hall–Kier alpha value is -2.76. The van der Waals surface area contributed by atoms with E-state index in [1.807, 2.05) is 24.5 Å². The van der Waals surface area contributed by atoms with Crippen molar-refractivity contribution in [2.24, 2.45) is 0 Å². The van der Waals surface area contributed by atoms with E-state index in [9.17, 15) is 4.39 Å². The highest BCUT2D eigenvalue weighted by Crippen LogP contribution is 2.27. The zero-order valence-corrected chi connectivity index (χ0v) is 9.71. The molecule has 0 aliphatic carbocycles. The van der Waals surface area contributed by atoms with Gasteiger partial charge in [-0.1, -0.05) is 0 Å². The molecule has 0 aliphatic heterocycles. The fourth-order valence-corrected chi connectivity index (χ4v) is 2.19. The van der Waals surface area contributed by atoms with Crippen molar-refractivity contribution in [1.82, 2.24) is 24.6 Å². The van der Waals surface area contributed by atoms with Crippen molar-refractivity contribution in [3.8, 4) is 11.1 Å². The number of aromatic nitrogens is 5. The number of fused-ring (bicyclic) bond motifs is 2. The Morgan fingerprint density at radius 2 is 2.16 bits per heavy atom. The highest BCUT2D eigenvalue weighted by molar-refractivity contribution is 5.93. The highest BCUT2D eigenvalue weighted by Gasteiger charge is 2.09. The van der Waals surface area contributed by atoms with Crippen molar-refractivity contribution < 1.29 is 4.39 Å². The molecule has 4 heterocycles. The number of rotatable bonds is 1. The summed E-state index contributed by atoms with van der Waals surface area (Å²) in [4.78, 5) is 11.1. The predicted octanol–water partition coefficient (Wildman–Crippen LogP) is 2.41. The number of hydrogen-bond acceptors (Lipinski definition) is 3. The molecular formula is C13H8FN5. The van der Waals surface area contributed by atoms with Crippen LogP contribution in [-0.2, 0) is 0 Å². The number of aromatic amines is 1. The summed E-state index contributed by atoms with van der Waals surface area (Å²) in [6.07, 6.45) is 6.36. The van der Waals surface area contributed by atoms with Crippen molar-refractivity contribution in [2.75, 3.05) is 0 Å². The second kappa shape index (κ2) is 3.61. The van der Waals surface area contributed by atoms with Crippen LogP contribution in [0.5, 0.6) is 0 Å². The minimum absolute atomic E-state index is 0.352. The molecule has 0 radical (unpaired) electrons. The summed E-state index contributed by atoms with van der Waals surface area (Å²) in [5.74, 6) is -0.352. The lowest BCUT2D eigenvalue weighted by Crippen LogP contribution is -1.88. The Balaban J connectivity index is 2.00. The van der Waals surface area contributed by atoms with Gasteiger partial charge in [0.25, 0.3) is 0 Å². The first-order valence-electron chi connectivity index (χ1n) is 5.74. The number of H-pyrrole nitrogens is 1. The topological polar surface area (TPSA) is 58.9 Å². The van der Waals surface area contributed by atoms with Gasteiger partial charge in [0.1, 0.15) is 17.8 Å². The van der Waals surface area contributed by atoms with Crippen molar-refractivity contribution >= 4 is 16.7 Å². The summed E-state index contributed by atoms with van der Waals surface area (Å²) in [6, 6.07) is 5.27. The average Bonchev–Trinajstić information content (AvgIpc) is 3.03. The number of halogens is 1. The molecule has 4 aromatic heterocycles. The van der Waals surface area contributed by atoms with E-state index in [1.165, 1.54) is 18.6 Å². The maximum Gasteiger partial charge on any atom is 0.155 e. The predicted molar refractivity (Wildman–Crippen MR) is 68.0 cm³/mol. The van der Waals surface area contributed by atoms with Crippen LogP contribution in [0.3, 0.4) is 0 Å². The van der Waals surface area contributed by atoms with Crippen LogP contribution in [-0.4, -0.2) is 24.6 Å². The van der Waals surface area contributed by atoms with Crippen LogP contribution in [0.1, 0.15) is 0 Å². The molecule has 0 atom stereocenters. The monoisotopic (exact) mass is 253 g/mol. The molecule has 5 nitrogen and oxygen atoms in total. The normalized spacial score (nSPS) is 11.4. The molecule has 0 aromatic carbocycles. The minimum Gasteiger partial charge on any atom is -0.346 e. The maximum atomic E-state index is 13.3. The van der Waals surface area contributed by atoms with Crippen LogP contribution in [0.25, 0.3) is 27.8 Å². The van der Waals surface area contributed by atoms with Gasteiger partial charge in [-0.05, 0) is 18.2 Å². The summed E-state index contributed by atoms with van der Waals surface area (Å²) >= 11 is 0. The summed E-state index contributed by atoms with van der Waals surface area (Å²) in [6.45, 7) is 0. The van der Waals surface area contributed by atoms with Gasteiger partial charge in [-0.3, -0.25) is 0 Å². The fraction of sp³-hybridized carbons (Fsp3) is 0. The van der Waals surface area contributed by atoms with Gasteiger partial charge in [0, 0.05) is 28.9 Å². The molecule has 0 saturated carbocycles. The fourth-order valence-electron chi connectivity index (χ4n) is 2.19. The second-order valence-electron chi connectivity index (χ2n) is 4.23. The molecule has 92 valence electrons. The van der Waals surface area contributed by atoms with Gasteiger partial charge in [0.05, 0.1) is 6.20 Å². The quantitative estimate of drug-likeness (QED) is 0.566. The average molecular weight is 253 g/mol. The lowest BCUT2D eigenvalue weighted by molar-refractivity contribution is 0.624. The zero-order chi connectivity index (χ0) is 12.8. The number of hydrogen-bond donors (Lipinski definition) is 1. The Bertz CT molecular complexity index is 892. The molecule has 4 aromatic rings. The van der Waals surface area contributed by atoms with Gasteiger partial charge in [-0.15, -0.1) is 0 Å². The van der Waals surface area contributed by atoms with E-state index in [4.69, 9.17) is 0 Å². The molecule has 0 unspecified atom stereocenters. The highest BCUT2D eigenvalue weighted by atomic mass is 19.1. The molecule has 19 heavy (non-hydrogen) atoms. The van der Waals surface area contributed by atoms with Crippen LogP contribution in [0.4, 0.5) is 4.39 Å². The first-order valence-corrected chi connectivity index (χ1v) is 5.74. The molecule has 0 amide bonds. The summed E-state index contributed by atoms with van der Waals surface area (Å²) in [5, 5.41) is 4.84. The summed E-state index contributed by atoms with van der Waals surface area (Å²) in [7, 11) is 0. The van der Waals surface area contributed by atoms with Gasteiger partial charge >= 0.3 is 0 Å². The van der Waals surface area contributed by atoms with Crippen LogP contribution in [0, 0.1) is 5.82 Å². The Kier molecular flexibility index (Phi) is 1.94. The summed E-state index contributed by atoms with van der Waals surface area (Å²) < 4.78 is 15.0. The molecule has 0 fully saturated rings. The maximum absolute atomic E-state index is 13.3. The largest absolute Gasteiger partial charge is 0.346 e. The molecule has 0 aliphatic rings. The smallest absolute Gasteiger partial charge is 0.155 e. The summed E-state index contributed by atoms with van der Waals surface area (Å²) in [5.41, 5.74) is 3.25. The second-order valence-corrected chi connectivity index (χ2v) is 4.23. The van der Waals surface area contributed by atoms with Crippen LogP contribution >= 0.6 is 0 Å². The van der Waals surface area contributed by atoms with Gasteiger partial charge in [-0.25, -0.2) is 18.9 Å². The van der Waals surface area contributed by atoms with Gasteiger partial charge in [-0.2, -0.15) is 5.10 Å². The molecular weight excluding hydrogens is 245 g/mol. The van der Waals surface area contributed by atoms with E-state index in [1.54, 1.807) is 4.52 Å². The van der Waals surface area contributed by atoms with Crippen molar-refractivity contribution in [1.29, 1.82) is 0 Å². The number of nitrogens with one attached hydrogen (secondary N) is 1. The minimum atomic E-state index is -0.352. The SMILES string of the molecule is Fc1cnc2[nH]cc(-c3ccc4ncnn4c3)c2c1. The van der Waals surface area contributed by atoms with E-state index in [2.05, 4.69) is 20.1 Å². The Morgan fingerprint density at radius 3 is 3.11 bits per heavy atom. The molecule has 4 rings (SSSR count). The van der Waals surface area contributed by atoms with Gasteiger partial charge < -0.3 is 4.98 Å². The van der Waals surface area contributed by atoms with E-state index in [0.29, 0.717) is 5.65 Å². The molecule has 0 spiro atoms. The molecule has 0 saturated heterocycles. The first kappa shape index (κ1) is 10.2. The third-order valence-corrected chi connectivity index (χ3v) is 3.08. The van der Waals surface area contributed by atoms with Crippen LogP contribution in [0.15, 0.2) is 43.1 Å². The van der Waals surface area contributed by atoms with Crippen molar-refractivity contribution in [3.05, 3.63) is 48.9 Å². The van der Waals surface area contributed by atoms with Crippen LogP contribution in [0.2, 0.25) is 0 Å². The van der Waals surface area contributed by atoms with Crippen LogP contribution < -0.4 is 0 Å². The first-order chi connectivity index (χ1) is 9.31. The van der Waals surface area contributed by atoms with Gasteiger partial charge in [0.15, 0.2) is 5.65 Å². The van der Waals surface area contributed by atoms with E-state index < -0.39 is 0 Å². The van der Waals surface area contributed by atoms with E-state index >= 15 is 0 Å². The number of pyridine rings is 2. The Morgan fingerprint density at radius 1 is 1.21 bits per heavy atom. The van der Waals surface area contributed by atoms with E-state index in [-0.39, 0.29) is 5.82 Å². The standard InChI is InChI=1S/C13H8FN5/c14-9-3-10-11(5-16-13(10)15-4-9)8-1-2-12-17-7-18-19(12)6-8/h1-7H,(H,15,16). The Labute approximate surface area is 106 Å². The molecule has 1 N–H and O–H groups in total. The van der Waals surface area contributed by atoms with Crippen molar-refractivity contribution in [2.45, 2.75) is 0 Å². The van der Waals surface area contributed by atoms with E-state index in [0.717, 1.165) is 22.2 Å².